The van der Waals surface area contributed by atoms with Crippen molar-refractivity contribution in [1.82, 2.24) is 0 Å². The molecular formula is C24H10BF15O4. The van der Waals surface area contributed by atoms with Gasteiger partial charge in [0, 0.05) is 11.1 Å². The van der Waals surface area contributed by atoms with E-state index in [1.807, 2.05) is 0 Å². The molecule has 0 heterocycles. The monoisotopic (exact) mass is 658 g/mol. The van der Waals surface area contributed by atoms with Crippen LogP contribution in [0.2, 0.25) is 0 Å². The van der Waals surface area contributed by atoms with Gasteiger partial charge in [-0.1, -0.05) is 0 Å². The highest BCUT2D eigenvalue weighted by molar-refractivity contribution is 6.32. The van der Waals surface area contributed by atoms with Crippen LogP contribution in [0.25, 0.3) is 0 Å². The molecule has 3 aromatic rings. The van der Waals surface area contributed by atoms with Crippen molar-refractivity contribution in [2.24, 2.45) is 0 Å². The molecule has 4 rings (SSSR count). The average Bonchev–Trinajstić information content (AvgIpc) is 2.96. The Morgan fingerprint density at radius 3 is 1.05 bits per heavy atom. The van der Waals surface area contributed by atoms with E-state index in [-0.39, 0.29) is 0 Å². The van der Waals surface area contributed by atoms with E-state index in [0.717, 1.165) is 0 Å². The summed E-state index contributed by atoms with van der Waals surface area (Å²) in [6, 6.07) is 0. The minimum atomic E-state index is -4.67. The van der Waals surface area contributed by atoms with Crippen LogP contribution in [0.1, 0.15) is 36.0 Å². The Bertz CT molecular complexity index is 1540. The number of halogens is 15. The molecule has 1 fully saturated rings. The maximum Gasteiger partial charge on any atom is 0.634 e. The Kier molecular flexibility index (Phi) is 8.46. The lowest BCUT2D eigenvalue weighted by atomic mass is 9.52. The molecule has 1 saturated carbocycles. The molecule has 0 aliphatic heterocycles. The summed E-state index contributed by atoms with van der Waals surface area (Å²) in [4.78, 5) is 0. The lowest BCUT2D eigenvalue weighted by molar-refractivity contribution is -0.103. The molecular weight excluding hydrogens is 648 g/mol. The second-order valence-electron chi connectivity index (χ2n) is 9.41. The Labute approximate surface area is 234 Å². The average molecular weight is 658 g/mol. The predicted octanol–water partition coefficient (Wildman–Crippen LogP) is 5.49. The van der Waals surface area contributed by atoms with Gasteiger partial charge in [-0.05, 0) is 19.3 Å². The van der Waals surface area contributed by atoms with Gasteiger partial charge in [0.05, 0.1) is 17.1 Å². The zero-order chi connectivity index (χ0) is 33.4. The van der Waals surface area contributed by atoms with Gasteiger partial charge in [-0.25, -0.2) is 65.9 Å². The van der Waals surface area contributed by atoms with Gasteiger partial charge < -0.3 is 19.8 Å². The molecule has 44 heavy (non-hydrogen) atoms. The molecule has 4 nitrogen and oxygen atoms in total. The van der Waals surface area contributed by atoms with Gasteiger partial charge in [0.15, 0.2) is 69.8 Å². The Hall–Kier alpha value is -3.49. The third-order valence-corrected chi connectivity index (χ3v) is 7.25. The highest BCUT2D eigenvalue weighted by Crippen LogP contribution is 2.62. The quantitative estimate of drug-likeness (QED) is 0.147. The fraction of sp³-hybridized carbons (Fsp3) is 0.250. The molecule has 1 aliphatic carbocycles. The van der Waals surface area contributed by atoms with Crippen LogP contribution in [0.4, 0.5) is 65.9 Å². The van der Waals surface area contributed by atoms with E-state index in [4.69, 9.17) is 0 Å². The molecule has 2 atom stereocenters. The third kappa shape index (κ3) is 4.36. The Morgan fingerprint density at radius 2 is 0.750 bits per heavy atom. The number of hydrogen-bond acceptors (Lipinski definition) is 4. The molecule has 1 aliphatic rings. The van der Waals surface area contributed by atoms with Gasteiger partial charge >= 0.3 is 7.32 Å². The molecule has 0 saturated heterocycles. The van der Waals surface area contributed by atoms with Crippen molar-refractivity contribution >= 4 is 7.32 Å². The Morgan fingerprint density at radius 1 is 0.477 bits per heavy atom. The van der Waals surface area contributed by atoms with Gasteiger partial charge in [-0.2, -0.15) is 0 Å². The lowest BCUT2D eigenvalue weighted by Crippen LogP contribution is -2.61. The summed E-state index contributed by atoms with van der Waals surface area (Å²) in [5, 5.41) is 29.7. The molecule has 2 unspecified atom stereocenters. The van der Waals surface area contributed by atoms with Crippen LogP contribution < -0.4 is 0 Å². The highest BCUT2D eigenvalue weighted by Gasteiger charge is 2.67. The number of benzene rings is 3. The van der Waals surface area contributed by atoms with E-state index >= 15 is 26.3 Å². The normalized spacial score (nSPS) is 19.9. The van der Waals surface area contributed by atoms with E-state index < -0.39 is 148 Å². The first kappa shape index (κ1) is 33.4. The molecule has 3 aromatic carbocycles. The number of hydrogen-bond donors (Lipinski definition) is 3. The summed E-state index contributed by atoms with van der Waals surface area (Å²) >= 11 is 0. The summed E-state index contributed by atoms with van der Waals surface area (Å²) < 4.78 is 227. The van der Waals surface area contributed by atoms with Crippen molar-refractivity contribution in [2.45, 2.75) is 36.4 Å². The van der Waals surface area contributed by atoms with Crippen LogP contribution in [0, 0.1) is 87.3 Å². The van der Waals surface area contributed by atoms with E-state index in [0.29, 0.717) is 0 Å². The summed E-state index contributed by atoms with van der Waals surface area (Å²) in [7, 11) is -3.69. The lowest BCUT2D eigenvalue weighted by Gasteiger charge is -2.55. The molecule has 3 N–H and O–H groups in total. The van der Waals surface area contributed by atoms with E-state index in [1.54, 1.807) is 0 Å². The molecule has 0 aromatic heterocycles. The minimum Gasteiger partial charge on any atom is -0.402 e. The molecule has 0 amide bonds. The standard InChI is InChI=1S/C24H10BF15O4/c26-8-5(9(27)15(33)20(38)14(8)32)23(6-10(28)16(34)21(39)17(35)11(6)29)3-4(41)1-2-24(23,44-25(42)43)7-12(30)18(36)22(40)19(37)13(7)31/h4,41-43H,1-3H2. The molecule has 20 heteroatoms. The molecule has 0 spiro atoms. The first-order chi connectivity index (χ1) is 20.3. The van der Waals surface area contributed by atoms with Crippen LogP contribution in [0.3, 0.4) is 0 Å². The van der Waals surface area contributed by atoms with E-state index in [2.05, 4.69) is 4.65 Å². The van der Waals surface area contributed by atoms with Crippen LogP contribution in [0.15, 0.2) is 0 Å². The largest absolute Gasteiger partial charge is 0.634 e. The number of aliphatic hydroxyl groups excluding tert-OH is 1. The minimum absolute atomic E-state index is 1.20. The molecule has 0 bridgehead atoms. The van der Waals surface area contributed by atoms with Crippen molar-refractivity contribution in [3.63, 3.8) is 0 Å². The van der Waals surface area contributed by atoms with Crippen LogP contribution in [-0.4, -0.2) is 28.6 Å². The zero-order valence-electron chi connectivity index (χ0n) is 20.7. The Balaban J connectivity index is 2.49. The van der Waals surface area contributed by atoms with Gasteiger partial charge in [-0.15, -0.1) is 0 Å². The number of aliphatic hydroxyl groups is 1. The predicted molar refractivity (Wildman–Crippen MR) is 112 cm³/mol. The molecule has 238 valence electrons. The second-order valence-corrected chi connectivity index (χ2v) is 9.41. The topological polar surface area (TPSA) is 69.9 Å². The smallest absolute Gasteiger partial charge is 0.402 e. The van der Waals surface area contributed by atoms with Gasteiger partial charge in [0.25, 0.3) is 0 Å². The second kappa shape index (κ2) is 11.1. The maximum absolute atomic E-state index is 15.5. The van der Waals surface area contributed by atoms with Crippen molar-refractivity contribution < 1.29 is 85.7 Å². The van der Waals surface area contributed by atoms with Crippen LogP contribution >= 0.6 is 0 Å². The summed E-state index contributed by atoms with van der Waals surface area (Å²) in [5.41, 5.74) is -17.4. The van der Waals surface area contributed by atoms with Crippen molar-refractivity contribution in [2.75, 3.05) is 0 Å². The van der Waals surface area contributed by atoms with Crippen LogP contribution in [-0.2, 0) is 15.7 Å². The van der Waals surface area contributed by atoms with Gasteiger partial charge in [-0.3, -0.25) is 0 Å². The van der Waals surface area contributed by atoms with E-state index in [1.165, 1.54) is 0 Å². The third-order valence-electron chi connectivity index (χ3n) is 7.25. The summed E-state index contributed by atoms with van der Waals surface area (Å²) in [5.74, 6) is -46.4. The van der Waals surface area contributed by atoms with Gasteiger partial charge in [0.1, 0.15) is 5.60 Å². The van der Waals surface area contributed by atoms with Crippen molar-refractivity contribution in [1.29, 1.82) is 0 Å². The fourth-order valence-electron chi connectivity index (χ4n) is 5.59. The molecule has 0 radical (unpaired) electrons. The fourth-order valence-corrected chi connectivity index (χ4v) is 5.59. The summed E-state index contributed by atoms with van der Waals surface area (Å²) in [6.07, 6.45) is -7.63. The first-order valence-corrected chi connectivity index (χ1v) is 11.6. The zero-order valence-corrected chi connectivity index (χ0v) is 20.7. The van der Waals surface area contributed by atoms with Crippen molar-refractivity contribution in [3.8, 4) is 0 Å². The van der Waals surface area contributed by atoms with Crippen LogP contribution in [0.5, 0.6) is 0 Å². The van der Waals surface area contributed by atoms with Gasteiger partial charge in [0.2, 0.25) is 17.5 Å². The van der Waals surface area contributed by atoms with Crippen molar-refractivity contribution in [3.05, 3.63) is 104 Å². The summed E-state index contributed by atoms with van der Waals surface area (Å²) in [6.45, 7) is 0. The highest BCUT2D eigenvalue weighted by atomic mass is 19.2. The SMILES string of the molecule is OB(O)OC1(c2c(F)c(F)c(F)c(F)c2F)CCC(O)CC1(c1c(F)c(F)c(F)c(F)c1F)c1c(F)c(F)c(F)c(F)c1F. The maximum atomic E-state index is 15.5. The first-order valence-electron chi connectivity index (χ1n) is 11.6. The number of rotatable bonds is 5. The van der Waals surface area contributed by atoms with E-state index in [9.17, 15) is 54.7 Å².